The summed E-state index contributed by atoms with van der Waals surface area (Å²) in [6, 6.07) is 15.5. The molecule has 4 amide bonds. The Bertz CT molecular complexity index is 1720. The van der Waals surface area contributed by atoms with Gasteiger partial charge in [0.1, 0.15) is 23.7 Å². The Kier molecular flexibility index (Phi) is 17.5. The second-order valence-corrected chi connectivity index (χ2v) is 19.8. The van der Waals surface area contributed by atoms with Crippen LogP contribution in [0, 0.1) is 17.3 Å². The van der Waals surface area contributed by atoms with Gasteiger partial charge in [-0.25, -0.2) is 0 Å². The number of piperazine rings is 1. The summed E-state index contributed by atoms with van der Waals surface area (Å²) in [4.78, 5) is 74.9. The van der Waals surface area contributed by atoms with Crippen molar-refractivity contribution in [2.45, 2.75) is 143 Å². The first-order valence-corrected chi connectivity index (χ1v) is 22.1. The number of ketones is 1. The molecule has 2 fully saturated rings. The van der Waals surface area contributed by atoms with Gasteiger partial charge in [-0.2, -0.15) is 0 Å². The predicted octanol–water partition coefficient (Wildman–Crippen LogP) is 5.08. The Hall–Kier alpha value is -4.13. The van der Waals surface area contributed by atoms with E-state index in [1.807, 2.05) is 88.4 Å². The maximum atomic E-state index is 14.3. The zero-order valence-electron chi connectivity index (χ0n) is 38.1. The highest BCUT2D eigenvalue weighted by atomic mass is 16.6. The number of hydrogen-bond donors (Lipinski definition) is 4. The number of carbonyl (C=O) groups excluding carboxylic acids is 5. The highest BCUT2D eigenvalue weighted by Crippen LogP contribution is 2.35. The lowest BCUT2D eigenvalue weighted by atomic mass is 9.76. The van der Waals surface area contributed by atoms with Gasteiger partial charge in [0.05, 0.1) is 12.6 Å². The smallest absolute Gasteiger partial charge is 0.243 e. The normalized spacial score (nSPS) is 19.5. The fourth-order valence-electron chi connectivity index (χ4n) is 8.56. The number of epoxide rings is 1. The predicted molar refractivity (Wildman–Crippen MR) is 237 cm³/mol. The molecule has 2 aromatic carbocycles. The van der Waals surface area contributed by atoms with Crippen molar-refractivity contribution in [3.8, 4) is 0 Å². The molecular weight excluding hydrogens is 757 g/mol. The third kappa shape index (κ3) is 15.4. The first-order chi connectivity index (χ1) is 28.2. The minimum absolute atomic E-state index is 0.0107. The van der Waals surface area contributed by atoms with Gasteiger partial charge >= 0.3 is 0 Å². The molecule has 0 spiro atoms. The summed E-state index contributed by atoms with van der Waals surface area (Å²) in [6.07, 6.45) is 2.80. The fourth-order valence-corrected chi connectivity index (χ4v) is 8.56. The summed E-state index contributed by atoms with van der Waals surface area (Å²) in [5, 5.41) is 11.9. The molecule has 2 aromatic rings. The minimum atomic E-state index is -1.03. The monoisotopic (exact) mass is 831 g/mol. The summed E-state index contributed by atoms with van der Waals surface area (Å²) < 4.78 is 5.44. The third-order valence-corrected chi connectivity index (χ3v) is 11.8. The van der Waals surface area contributed by atoms with Crippen LogP contribution in [0.5, 0.6) is 0 Å². The van der Waals surface area contributed by atoms with Gasteiger partial charge in [0.2, 0.25) is 23.6 Å². The fraction of sp³-hybridized carbons (Fsp3) is 0.646. The Morgan fingerprint density at radius 2 is 1.17 bits per heavy atom. The van der Waals surface area contributed by atoms with Crippen molar-refractivity contribution in [3.63, 3.8) is 0 Å². The Morgan fingerprint density at radius 3 is 1.72 bits per heavy atom. The zero-order valence-corrected chi connectivity index (χ0v) is 38.1. The van der Waals surface area contributed by atoms with Gasteiger partial charge < -0.3 is 30.9 Å². The highest BCUT2D eigenvalue weighted by molar-refractivity contribution is 5.98. The van der Waals surface area contributed by atoms with Crippen LogP contribution in [-0.2, 0) is 41.6 Å². The molecule has 332 valence electrons. The molecule has 0 aromatic heterocycles. The molecule has 0 radical (unpaired) electrons. The van der Waals surface area contributed by atoms with E-state index in [9.17, 15) is 24.0 Å². The number of aryl methyl sites for hydroxylation is 1. The van der Waals surface area contributed by atoms with Crippen molar-refractivity contribution in [2.75, 3.05) is 39.8 Å². The molecule has 12 nitrogen and oxygen atoms in total. The van der Waals surface area contributed by atoms with E-state index in [-0.39, 0.29) is 47.3 Å². The van der Waals surface area contributed by atoms with Crippen LogP contribution in [0.3, 0.4) is 0 Å². The first kappa shape index (κ1) is 48.5. The van der Waals surface area contributed by atoms with E-state index in [1.165, 1.54) is 0 Å². The second-order valence-electron chi connectivity index (χ2n) is 19.8. The molecule has 2 aliphatic heterocycles. The van der Waals surface area contributed by atoms with Crippen LogP contribution < -0.4 is 21.3 Å². The maximum absolute atomic E-state index is 14.3. The highest BCUT2D eigenvalue weighted by Gasteiger charge is 2.50. The van der Waals surface area contributed by atoms with Crippen molar-refractivity contribution < 1.29 is 28.7 Å². The third-order valence-electron chi connectivity index (χ3n) is 11.8. The number of rotatable bonds is 23. The van der Waals surface area contributed by atoms with Gasteiger partial charge in [0.15, 0.2) is 5.78 Å². The molecule has 5 atom stereocenters. The van der Waals surface area contributed by atoms with E-state index < -0.39 is 47.5 Å². The van der Waals surface area contributed by atoms with Crippen molar-refractivity contribution in [2.24, 2.45) is 17.3 Å². The van der Waals surface area contributed by atoms with Crippen molar-refractivity contribution in [1.29, 1.82) is 0 Å². The van der Waals surface area contributed by atoms with Gasteiger partial charge in [-0.05, 0) is 88.3 Å². The van der Waals surface area contributed by atoms with Crippen LogP contribution in [0.25, 0.3) is 0 Å². The molecule has 2 saturated heterocycles. The second kappa shape index (κ2) is 21.6. The lowest BCUT2D eigenvalue weighted by Gasteiger charge is -2.46. The molecule has 2 heterocycles. The SMILES string of the molecule is CC(C)C[C@H](NC(=O)[C@H](CCc1ccccc1)NC(=O)CC(C)(C)CC(C)(C)N1CCN(C)CC1)C(=O)N[C@@H](Cc1ccccc1)C(=O)N[C@@H](CC(C)C)C(=O)[C@@]1(C)CO1. The molecule has 0 aliphatic carbocycles. The lowest BCUT2D eigenvalue weighted by molar-refractivity contribution is -0.135. The molecule has 4 N–H and O–H groups in total. The molecule has 4 rings (SSSR count). The van der Waals surface area contributed by atoms with Crippen molar-refractivity contribution >= 4 is 29.4 Å². The van der Waals surface area contributed by atoms with Crippen LogP contribution in [0.1, 0.15) is 106 Å². The summed E-state index contributed by atoms with van der Waals surface area (Å²) in [5.74, 6) is -1.75. The number of hydrogen-bond acceptors (Lipinski definition) is 8. The van der Waals surface area contributed by atoms with Crippen LogP contribution in [0.4, 0.5) is 0 Å². The average Bonchev–Trinajstić information content (AvgIpc) is 3.93. The molecule has 0 saturated carbocycles. The van der Waals surface area contributed by atoms with Gasteiger partial charge in [0, 0.05) is 44.6 Å². The summed E-state index contributed by atoms with van der Waals surface area (Å²) >= 11 is 0. The van der Waals surface area contributed by atoms with E-state index in [2.05, 4.69) is 65.8 Å². The lowest BCUT2D eigenvalue weighted by Crippen LogP contribution is -2.59. The molecule has 60 heavy (non-hydrogen) atoms. The quantitative estimate of drug-likeness (QED) is 0.113. The molecule has 2 aliphatic rings. The number of Topliss-reactive ketones (excluding diaryl/α,β-unsaturated/α-hetero) is 1. The Labute approximate surface area is 359 Å². The molecule has 12 heteroatoms. The van der Waals surface area contributed by atoms with Gasteiger partial charge in [-0.3, -0.25) is 28.9 Å². The van der Waals surface area contributed by atoms with Crippen molar-refractivity contribution in [1.82, 2.24) is 31.1 Å². The number of amides is 4. The van der Waals surface area contributed by atoms with Gasteiger partial charge in [-0.1, -0.05) is 102 Å². The van der Waals surface area contributed by atoms with E-state index >= 15 is 0 Å². The van der Waals surface area contributed by atoms with E-state index in [0.717, 1.165) is 43.7 Å². The number of nitrogens with one attached hydrogen (secondary N) is 4. The number of nitrogens with zero attached hydrogens (tertiary/aromatic N) is 2. The van der Waals surface area contributed by atoms with Crippen molar-refractivity contribution in [3.05, 3.63) is 71.8 Å². The standard InChI is InChI=1S/C48H74N6O6/c1-33(2)27-38(42(56)48(9)32-60-48)50-45(59)40(29-36-19-15-12-16-20-36)52-44(58)39(28-34(3)4)51-43(57)37(22-21-35-17-13-11-14-18-35)49-41(55)30-46(5,6)31-47(7,8)54-25-23-53(10)24-26-54/h11-20,33-34,37-40H,21-32H2,1-10H3,(H,49,55)(H,50,59)(H,51,57)(H,52,58)/t37-,38-,39-,40-,48+/m0/s1. The number of likely N-dealkylation sites (N-methyl/N-ethyl adjacent to an activating group) is 1. The van der Waals surface area contributed by atoms with Crippen LogP contribution in [-0.4, -0.2) is 114 Å². The number of carbonyl (C=O) groups is 5. The minimum Gasteiger partial charge on any atom is -0.361 e. The zero-order chi connectivity index (χ0) is 44.3. The summed E-state index contributed by atoms with van der Waals surface area (Å²) in [7, 11) is 2.14. The average molecular weight is 831 g/mol. The van der Waals surface area contributed by atoms with E-state index in [1.54, 1.807) is 6.92 Å². The van der Waals surface area contributed by atoms with Gasteiger partial charge in [0.25, 0.3) is 0 Å². The molecule has 0 bridgehead atoms. The van der Waals surface area contributed by atoms with E-state index in [4.69, 9.17) is 4.74 Å². The molecule has 0 unspecified atom stereocenters. The number of ether oxygens (including phenoxy) is 1. The summed E-state index contributed by atoms with van der Waals surface area (Å²) in [6.45, 7) is 22.6. The Balaban J connectivity index is 1.52. The summed E-state index contributed by atoms with van der Waals surface area (Å²) in [5.41, 5.74) is 0.456. The first-order valence-electron chi connectivity index (χ1n) is 22.1. The largest absolute Gasteiger partial charge is 0.361 e. The Morgan fingerprint density at radius 1 is 0.683 bits per heavy atom. The maximum Gasteiger partial charge on any atom is 0.243 e. The van der Waals surface area contributed by atoms with Gasteiger partial charge in [-0.15, -0.1) is 0 Å². The van der Waals surface area contributed by atoms with Crippen LogP contribution in [0.15, 0.2) is 60.7 Å². The van der Waals surface area contributed by atoms with E-state index in [0.29, 0.717) is 32.3 Å². The van der Waals surface area contributed by atoms with Crippen LogP contribution in [0.2, 0.25) is 0 Å². The topological polar surface area (TPSA) is 152 Å². The molecular formula is C48H74N6O6. The van der Waals surface area contributed by atoms with Crippen LogP contribution >= 0.6 is 0 Å². The number of benzene rings is 2.